The lowest BCUT2D eigenvalue weighted by molar-refractivity contribution is 0.102. The second-order valence-electron chi connectivity index (χ2n) is 3.82. The Hall–Kier alpha value is -0.200. The number of anilines is 1. The summed E-state index contributed by atoms with van der Waals surface area (Å²) in [6, 6.07) is 8.06. The fraction of sp³-hybridized carbons (Fsp3) is 0. The fourth-order valence-electron chi connectivity index (χ4n) is 1.51. The highest BCUT2D eigenvalue weighted by molar-refractivity contribution is 14.1. The summed E-state index contributed by atoms with van der Waals surface area (Å²) >= 11 is 25.8. The minimum absolute atomic E-state index is 0.271. The first-order chi connectivity index (χ1) is 9.38. The quantitative estimate of drug-likeness (QED) is 0.534. The van der Waals surface area contributed by atoms with Crippen LogP contribution in [0.5, 0.6) is 0 Å². The Morgan fingerprint density at radius 3 is 2.15 bits per heavy atom. The lowest BCUT2D eigenvalue weighted by Gasteiger charge is -2.11. The van der Waals surface area contributed by atoms with Crippen molar-refractivity contribution in [2.75, 3.05) is 5.32 Å². The molecule has 0 aliphatic heterocycles. The number of rotatable bonds is 2. The molecule has 0 atom stereocenters. The minimum atomic E-state index is -0.344. The Labute approximate surface area is 149 Å². The van der Waals surface area contributed by atoms with Crippen LogP contribution < -0.4 is 5.32 Å². The Bertz CT molecular complexity index is 667. The Morgan fingerprint density at radius 2 is 1.55 bits per heavy atom. The van der Waals surface area contributed by atoms with Gasteiger partial charge in [-0.3, -0.25) is 4.79 Å². The van der Waals surface area contributed by atoms with Gasteiger partial charge in [0.05, 0.1) is 21.3 Å². The van der Waals surface area contributed by atoms with E-state index in [1.165, 1.54) is 12.1 Å². The summed E-state index contributed by atoms with van der Waals surface area (Å²) in [5, 5.41) is 4.08. The van der Waals surface area contributed by atoms with E-state index in [0.29, 0.717) is 21.3 Å². The van der Waals surface area contributed by atoms with Gasteiger partial charge in [0.2, 0.25) is 0 Å². The summed E-state index contributed by atoms with van der Waals surface area (Å²) in [5.41, 5.74) is 0.763. The highest BCUT2D eigenvalue weighted by atomic mass is 127. The van der Waals surface area contributed by atoms with Gasteiger partial charge >= 0.3 is 0 Å². The molecule has 0 saturated heterocycles. The molecule has 0 aliphatic carbocycles. The molecule has 2 aromatic carbocycles. The van der Waals surface area contributed by atoms with Crippen LogP contribution in [0, 0.1) is 3.57 Å². The maximum Gasteiger partial charge on any atom is 0.256 e. The zero-order valence-electron chi connectivity index (χ0n) is 9.68. The molecular formula is C13H6Cl4INO. The third kappa shape index (κ3) is 3.71. The van der Waals surface area contributed by atoms with Gasteiger partial charge in [0.15, 0.2) is 0 Å². The van der Waals surface area contributed by atoms with Gasteiger partial charge in [0.25, 0.3) is 5.91 Å². The molecule has 2 rings (SSSR count). The van der Waals surface area contributed by atoms with Crippen molar-refractivity contribution in [3.8, 4) is 0 Å². The molecule has 2 aromatic rings. The van der Waals surface area contributed by atoms with Crippen LogP contribution in [0.4, 0.5) is 5.69 Å². The van der Waals surface area contributed by atoms with Crippen molar-refractivity contribution >= 4 is 80.6 Å². The van der Waals surface area contributed by atoms with Crippen LogP contribution in [0.15, 0.2) is 30.3 Å². The number of carbonyl (C=O) groups excluding carboxylic acids is 1. The molecule has 0 unspecified atom stereocenters. The zero-order chi connectivity index (χ0) is 14.9. The van der Waals surface area contributed by atoms with Gasteiger partial charge in [-0.05, 0) is 52.9 Å². The normalized spacial score (nSPS) is 10.4. The fourth-order valence-corrected chi connectivity index (χ4v) is 3.18. The van der Waals surface area contributed by atoms with Crippen molar-refractivity contribution in [1.29, 1.82) is 0 Å². The van der Waals surface area contributed by atoms with Gasteiger partial charge in [-0.1, -0.05) is 46.4 Å². The summed E-state index contributed by atoms with van der Waals surface area (Å²) in [4.78, 5) is 12.3. The third-order valence-electron chi connectivity index (χ3n) is 2.42. The maximum absolute atomic E-state index is 12.3. The lowest BCUT2D eigenvalue weighted by atomic mass is 10.2. The topological polar surface area (TPSA) is 29.1 Å². The largest absolute Gasteiger partial charge is 0.319 e. The maximum atomic E-state index is 12.3. The molecule has 0 radical (unpaired) electrons. The number of benzene rings is 2. The van der Waals surface area contributed by atoms with Crippen LogP contribution in [0.3, 0.4) is 0 Å². The summed E-state index contributed by atoms with van der Waals surface area (Å²) in [6.07, 6.45) is 0. The van der Waals surface area contributed by atoms with Gasteiger partial charge in [-0.2, -0.15) is 0 Å². The number of halogens is 5. The average molecular weight is 461 g/mol. The SMILES string of the molecule is O=C(Nc1c(Cl)cc(Cl)cc1Cl)c1cc(Cl)ccc1I. The molecule has 0 spiro atoms. The monoisotopic (exact) mass is 459 g/mol. The molecule has 20 heavy (non-hydrogen) atoms. The molecule has 1 amide bonds. The third-order valence-corrected chi connectivity index (χ3v) is 4.41. The second kappa shape index (κ2) is 6.71. The van der Waals surface area contributed by atoms with E-state index in [4.69, 9.17) is 46.4 Å². The summed E-state index contributed by atoms with van der Waals surface area (Å²) in [5.74, 6) is -0.344. The van der Waals surface area contributed by atoms with Crippen molar-refractivity contribution in [3.05, 3.63) is 59.6 Å². The van der Waals surface area contributed by atoms with Gasteiger partial charge in [0, 0.05) is 13.6 Å². The van der Waals surface area contributed by atoms with E-state index in [2.05, 4.69) is 27.9 Å². The van der Waals surface area contributed by atoms with Gasteiger partial charge < -0.3 is 5.32 Å². The zero-order valence-corrected chi connectivity index (χ0v) is 14.9. The standard InChI is InChI=1S/C13H6Cl4INO/c14-6-1-2-11(18)8(3-6)13(20)19-12-9(16)4-7(15)5-10(12)17/h1-5H,(H,19,20). The first-order valence-corrected chi connectivity index (χ1v) is 7.88. The molecule has 2 nitrogen and oxygen atoms in total. The van der Waals surface area contributed by atoms with E-state index in [1.807, 2.05) is 0 Å². The lowest BCUT2D eigenvalue weighted by Crippen LogP contribution is -2.14. The number of carbonyl (C=O) groups is 1. The van der Waals surface area contributed by atoms with Crippen molar-refractivity contribution in [2.45, 2.75) is 0 Å². The van der Waals surface area contributed by atoms with Crippen molar-refractivity contribution < 1.29 is 4.79 Å². The van der Waals surface area contributed by atoms with Crippen LogP contribution in [-0.4, -0.2) is 5.91 Å². The summed E-state index contributed by atoms with van der Waals surface area (Å²) in [7, 11) is 0. The molecule has 0 heterocycles. The van der Waals surface area contributed by atoms with Crippen LogP contribution in [0.25, 0.3) is 0 Å². The molecule has 0 saturated carbocycles. The molecule has 0 fully saturated rings. The average Bonchev–Trinajstić information content (AvgIpc) is 2.36. The number of amides is 1. The van der Waals surface area contributed by atoms with E-state index in [1.54, 1.807) is 18.2 Å². The first kappa shape index (κ1) is 16.2. The van der Waals surface area contributed by atoms with Crippen molar-refractivity contribution in [3.63, 3.8) is 0 Å². The van der Waals surface area contributed by atoms with Crippen LogP contribution >= 0.6 is 69.0 Å². The number of nitrogens with one attached hydrogen (secondary N) is 1. The summed E-state index contributed by atoms with van der Waals surface area (Å²) < 4.78 is 0.769. The van der Waals surface area contributed by atoms with Crippen LogP contribution in [0.1, 0.15) is 10.4 Å². The van der Waals surface area contributed by atoms with E-state index < -0.39 is 0 Å². The second-order valence-corrected chi connectivity index (χ2v) is 6.67. The molecule has 0 aliphatic rings. The number of hydrogen-bond donors (Lipinski definition) is 1. The van der Waals surface area contributed by atoms with Crippen molar-refractivity contribution in [2.24, 2.45) is 0 Å². The Kier molecular flexibility index (Phi) is 5.42. The van der Waals surface area contributed by atoms with Gasteiger partial charge in [0.1, 0.15) is 0 Å². The predicted molar refractivity (Wildman–Crippen MR) is 93.6 cm³/mol. The number of hydrogen-bond acceptors (Lipinski definition) is 1. The molecular weight excluding hydrogens is 455 g/mol. The van der Waals surface area contributed by atoms with Crippen molar-refractivity contribution in [1.82, 2.24) is 0 Å². The van der Waals surface area contributed by atoms with Gasteiger partial charge in [-0.25, -0.2) is 0 Å². The Balaban J connectivity index is 2.35. The molecule has 0 aromatic heterocycles. The van der Waals surface area contributed by atoms with E-state index >= 15 is 0 Å². The molecule has 104 valence electrons. The molecule has 1 N–H and O–H groups in total. The van der Waals surface area contributed by atoms with Crippen LogP contribution in [0.2, 0.25) is 20.1 Å². The highest BCUT2D eigenvalue weighted by Crippen LogP contribution is 2.34. The highest BCUT2D eigenvalue weighted by Gasteiger charge is 2.15. The first-order valence-electron chi connectivity index (χ1n) is 5.29. The summed E-state index contributed by atoms with van der Waals surface area (Å²) in [6.45, 7) is 0. The van der Waals surface area contributed by atoms with Gasteiger partial charge in [-0.15, -0.1) is 0 Å². The minimum Gasteiger partial charge on any atom is -0.319 e. The molecule has 0 bridgehead atoms. The van der Waals surface area contributed by atoms with E-state index in [9.17, 15) is 4.79 Å². The molecule has 7 heteroatoms. The van der Waals surface area contributed by atoms with Crippen LogP contribution in [-0.2, 0) is 0 Å². The van der Waals surface area contributed by atoms with E-state index in [-0.39, 0.29) is 16.0 Å². The predicted octanol–water partition coefficient (Wildman–Crippen LogP) is 6.16. The van der Waals surface area contributed by atoms with E-state index in [0.717, 1.165) is 3.57 Å². The smallest absolute Gasteiger partial charge is 0.256 e. The Morgan fingerprint density at radius 1 is 0.950 bits per heavy atom.